The van der Waals surface area contributed by atoms with Gasteiger partial charge in [0.2, 0.25) is 0 Å². The largest absolute Gasteiger partial charge is 0.0663 e. The Morgan fingerprint density at radius 1 is 0.875 bits per heavy atom. The van der Waals surface area contributed by atoms with Gasteiger partial charge in [0, 0.05) is 5.41 Å². The molecule has 2 aliphatic carbocycles. The van der Waals surface area contributed by atoms with Crippen LogP contribution in [-0.2, 0) is 6.42 Å². The molecule has 4 rings (SSSR count). The number of fused-ring (bicyclic) bond motifs is 6. The summed E-state index contributed by atoms with van der Waals surface area (Å²) in [4.78, 5) is 0. The molecule has 0 unspecified atom stereocenters. The first-order chi connectivity index (χ1) is 11.3. The second kappa shape index (κ2) is 4.96. The molecular weight excluding hydrogens is 288 g/mol. The monoisotopic (exact) mass is 314 g/mol. The van der Waals surface area contributed by atoms with Crippen molar-refractivity contribution < 1.29 is 0 Å². The third-order valence-electron chi connectivity index (χ3n) is 6.05. The molecule has 0 aliphatic heterocycles. The van der Waals surface area contributed by atoms with Crippen molar-refractivity contribution in [2.45, 2.75) is 48.0 Å². The minimum Gasteiger partial charge on any atom is -0.0663 e. The zero-order chi connectivity index (χ0) is 17.2. The highest BCUT2D eigenvalue weighted by atomic mass is 14.3. The predicted octanol–water partition coefficient (Wildman–Crippen LogP) is 5.04. The van der Waals surface area contributed by atoms with E-state index >= 15 is 0 Å². The third kappa shape index (κ3) is 2.13. The fourth-order valence-electron chi connectivity index (χ4n) is 4.03. The first-order valence-corrected chi connectivity index (χ1v) is 8.93. The SMILES string of the molecule is CC1=Cc2c(c3c(c4ccc(C)cc24)CC(C)=C(C)C=3)=CC1(C)C. The molecule has 0 aromatic heterocycles. The Bertz CT molecular complexity index is 1070. The van der Waals surface area contributed by atoms with Gasteiger partial charge in [0.1, 0.15) is 0 Å². The van der Waals surface area contributed by atoms with Crippen LogP contribution in [0, 0.1) is 12.3 Å². The molecule has 0 heterocycles. The zero-order valence-electron chi connectivity index (χ0n) is 15.7. The van der Waals surface area contributed by atoms with Gasteiger partial charge in [-0.1, -0.05) is 72.6 Å². The predicted molar refractivity (Wildman–Crippen MR) is 106 cm³/mol. The van der Waals surface area contributed by atoms with Gasteiger partial charge in [0.15, 0.2) is 0 Å². The summed E-state index contributed by atoms with van der Waals surface area (Å²) in [6.07, 6.45) is 8.39. The molecule has 0 nitrogen and oxygen atoms in total. The Balaban J connectivity index is 2.29. The minimum atomic E-state index is 0.121. The van der Waals surface area contributed by atoms with Crippen molar-refractivity contribution in [3.8, 4) is 0 Å². The molecule has 0 heteroatoms. The molecule has 0 bridgehead atoms. The summed E-state index contributed by atoms with van der Waals surface area (Å²) in [6, 6.07) is 6.95. The average Bonchev–Trinajstić information content (AvgIpc) is 2.51. The standard InChI is InChI=1S/C24H26/c1-14-7-8-18-19(9-14)22-12-17(4)24(5,6)13-23(22)21-11-16(3)15(2)10-20(18)21/h7-9,11-13H,10H2,1-6H3. The lowest BCUT2D eigenvalue weighted by Crippen LogP contribution is -2.37. The maximum Gasteiger partial charge on any atom is 0.00442 e. The lowest BCUT2D eigenvalue weighted by molar-refractivity contribution is 0.621. The number of rotatable bonds is 0. The highest BCUT2D eigenvalue weighted by Gasteiger charge is 2.24. The summed E-state index contributed by atoms with van der Waals surface area (Å²) >= 11 is 0. The molecule has 0 N–H and O–H groups in total. The second-order valence-electron chi connectivity index (χ2n) is 8.25. The van der Waals surface area contributed by atoms with Gasteiger partial charge in [0.05, 0.1) is 0 Å². The minimum absolute atomic E-state index is 0.121. The number of aryl methyl sites for hydroxylation is 1. The van der Waals surface area contributed by atoms with Gasteiger partial charge in [-0.25, -0.2) is 0 Å². The molecule has 0 saturated carbocycles. The van der Waals surface area contributed by atoms with Crippen LogP contribution in [0.4, 0.5) is 0 Å². The van der Waals surface area contributed by atoms with Crippen molar-refractivity contribution in [1.29, 1.82) is 0 Å². The van der Waals surface area contributed by atoms with Crippen molar-refractivity contribution in [2.75, 3.05) is 0 Å². The van der Waals surface area contributed by atoms with Crippen molar-refractivity contribution in [3.05, 3.63) is 62.0 Å². The first-order valence-electron chi connectivity index (χ1n) is 8.93. The fraction of sp³-hybridized carbons (Fsp3) is 0.333. The molecule has 0 fully saturated rings. The second-order valence-corrected chi connectivity index (χ2v) is 8.25. The smallest absolute Gasteiger partial charge is 0.00442 e. The lowest BCUT2D eigenvalue weighted by Gasteiger charge is -2.28. The van der Waals surface area contributed by atoms with Gasteiger partial charge in [-0.2, -0.15) is 0 Å². The fourth-order valence-corrected chi connectivity index (χ4v) is 4.03. The Morgan fingerprint density at radius 3 is 2.38 bits per heavy atom. The number of hydrogen-bond acceptors (Lipinski definition) is 0. The van der Waals surface area contributed by atoms with Crippen molar-refractivity contribution in [2.24, 2.45) is 5.41 Å². The molecule has 0 saturated heterocycles. The van der Waals surface area contributed by atoms with E-state index in [0.717, 1.165) is 6.42 Å². The number of hydrogen-bond donors (Lipinski definition) is 0. The topological polar surface area (TPSA) is 0 Å². The van der Waals surface area contributed by atoms with Gasteiger partial charge in [-0.3, -0.25) is 0 Å². The van der Waals surface area contributed by atoms with Crippen LogP contribution < -0.4 is 10.4 Å². The van der Waals surface area contributed by atoms with E-state index in [0.29, 0.717) is 0 Å². The van der Waals surface area contributed by atoms with E-state index in [1.807, 2.05) is 0 Å². The molecule has 2 aromatic rings. The number of benzene rings is 2. The van der Waals surface area contributed by atoms with Gasteiger partial charge in [0.25, 0.3) is 0 Å². The summed E-state index contributed by atoms with van der Waals surface area (Å²) in [6.45, 7) is 13.6. The van der Waals surface area contributed by atoms with Crippen LogP contribution in [0.3, 0.4) is 0 Å². The van der Waals surface area contributed by atoms with Crippen LogP contribution >= 0.6 is 0 Å². The van der Waals surface area contributed by atoms with Crippen molar-refractivity contribution in [3.63, 3.8) is 0 Å². The van der Waals surface area contributed by atoms with Crippen LogP contribution in [-0.4, -0.2) is 0 Å². The Kier molecular flexibility index (Phi) is 3.19. The summed E-state index contributed by atoms with van der Waals surface area (Å²) in [5, 5.41) is 5.72. The van der Waals surface area contributed by atoms with Gasteiger partial charge in [-0.15, -0.1) is 0 Å². The van der Waals surface area contributed by atoms with E-state index in [9.17, 15) is 0 Å². The van der Waals surface area contributed by atoms with Gasteiger partial charge in [-0.05, 0) is 66.5 Å². The van der Waals surface area contributed by atoms with E-state index < -0.39 is 0 Å². The Morgan fingerprint density at radius 2 is 1.62 bits per heavy atom. The van der Waals surface area contributed by atoms with E-state index in [4.69, 9.17) is 0 Å². The Labute approximate surface area is 144 Å². The molecule has 0 atom stereocenters. The first kappa shape index (κ1) is 15.4. The van der Waals surface area contributed by atoms with Gasteiger partial charge < -0.3 is 0 Å². The molecular formula is C24H26. The van der Waals surface area contributed by atoms with Crippen molar-refractivity contribution in [1.82, 2.24) is 0 Å². The summed E-state index contributed by atoms with van der Waals surface area (Å²) in [7, 11) is 0. The van der Waals surface area contributed by atoms with Gasteiger partial charge >= 0.3 is 0 Å². The summed E-state index contributed by atoms with van der Waals surface area (Å²) in [5.74, 6) is 0. The molecule has 24 heavy (non-hydrogen) atoms. The lowest BCUT2D eigenvalue weighted by atomic mass is 9.76. The normalized spacial score (nSPS) is 18.5. The number of allylic oxidation sites excluding steroid dienone is 3. The third-order valence-corrected chi connectivity index (χ3v) is 6.05. The molecule has 122 valence electrons. The molecule has 2 aromatic carbocycles. The summed E-state index contributed by atoms with van der Waals surface area (Å²) < 4.78 is 0. The van der Waals surface area contributed by atoms with E-state index in [1.165, 1.54) is 54.6 Å². The highest BCUT2D eigenvalue weighted by molar-refractivity contribution is 5.96. The van der Waals surface area contributed by atoms with E-state index in [1.54, 1.807) is 0 Å². The van der Waals surface area contributed by atoms with E-state index in [2.05, 4.69) is 78.0 Å². The van der Waals surface area contributed by atoms with Crippen LogP contribution in [0.5, 0.6) is 0 Å². The van der Waals surface area contributed by atoms with E-state index in [-0.39, 0.29) is 5.41 Å². The highest BCUT2D eigenvalue weighted by Crippen LogP contribution is 2.34. The quantitative estimate of drug-likeness (QED) is 0.638. The van der Waals surface area contributed by atoms with Crippen LogP contribution in [0.1, 0.15) is 51.3 Å². The molecule has 0 radical (unpaired) electrons. The maximum absolute atomic E-state index is 2.49. The maximum atomic E-state index is 2.49. The van der Waals surface area contributed by atoms with Crippen LogP contribution in [0.15, 0.2) is 34.9 Å². The van der Waals surface area contributed by atoms with Crippen molar-refractivity contribution >= 4 is 29.0 Å². The molecule has 0 amide bonds. The zero-order valence-corrected chi connectivity index (χ0v) is 15.7. The molecule has 0 spiro atoms. The average molecular weight is 314 g/mol. The summed E-state index contributed by atoms with van der Waals surface area (Å²) in [5.41, 5.74) is 8.73. The van der Waals surface area contributed by atoms with Crippen LogP contribution in [0.25, 0.3) is 29.0 Å². The van der Waals surface area contributed by atoms with Crippen LogP contribution in [0.2, 0.25) is 0 Å². The Hall–Kier alpha value is -2.08. The molecule has 2 aliphatic rings.